The van der Waals surface area contributed by atoms with Crippen LogP contribution in [0.2, 0.25) is 5.02 Å². The number of para-hydroxylation sites is 1. The molecule has 4 nitrogen and oxygen atoms in total. The van der Waals surface area contributed by atoms with Gasteiger partial charge in [0.15, 0.2) is 0 Å². The number of aromatic nitrogens is 2. The summed E-state index contributed by atoms with van der Waals surface area (Å²) in [5.74, 6) is -0.544. The van der Waals surface area contributed by atoms with Gasteiger partial charge in [-0.05, 0) is 30.3 Å². The van der Waals surface area contributed by atoms with Crippen molar-refractivity contribution in [2.45, 2.75) is 17.3 Å². The molecule has 3 aromatic rings. The highest BCUT2D eigenvalue weighted by atomic mass is 35.5. The molecule has 0 radical (unpaired) electrons. The van der Waals surface area contributed by atoms with Crippen LogP contribution in [0, 0.1) is 0 Å². The number of rotatable bonds is 6. The molecule has 0 bridgehead atoms. The molecule has 27 heavy (non-hydrogen) atoms. The van der Waals surface area contributed by atoms with Crippen LogP contribution >= 0.6 is 23.4 Å². The van der Waals surface area contributed by atoms with Crippen LogP contribution in [0.4, 0.5) is 13.2 Å². The molecule has 1 N–H and O–H groups in total. The Labute approximate surface area is 162 Å². The molecule has 1 atom stereocenters. The number of nitrogens with zero attached hydrogens (tertiary/aromatic N) is 2. The van der Waals surface area contributed by atoms with Crippen LogP contribution in [0.25, 0.3) is 10.9 Å². The quantitative estimate of drug-likeness (QED) is 0.462. The highest BCUT2D eigenvalue weighted by Gasteiger charge is 2.35. The minimum absolute atomic E-state index is 0.0101. The van der Waals surface area contributed by atoms with Crippen molar-refractivity contribution in [3.8, 4) is 5.75 Å². The first-order chi connectivity index (χ1) is 12.8. The van der Waals surface area contributed by atoms with Crippen LogP contribution < -0.4 is 4.74 Å². The Morgan fingerprint density at radius 3 is 2.48 bits per heavy atom. The van der Waals surface area contributed by atoms with Crippen LogP contribution in [0.15, 0.2) is 53.6 Å². The van der Waals surface area contributed by atoms with E-state index in [0.717, 1.165) is 11.8 Å². The molecule has 0 spiro atoms. The second kappa shape index (κ2) is 8.33. The van der Waals surface area contributed by atoms with Gasteiger partial charge in [0.25, 0.3) is 0 Å². The third-order valence-electron chi connectivity index (χ3n) is 3.49. The molecule has 1 unspecified atom stereocenters. The van der Waals surface area contributed by atoms with Crippen molar-refractivity contribution in [3.05, 3.63) is 59.4 Å². The van der Waals surface area contributed by atoms with E-state index in [-0.39, 0.29) is 22.9 Å². The van der Waals surface area contributed by atoms with E-state index in [4.69, 9.17) is 16.3 Å². The number of fused-ring (bicyclic) bond motifs is 1. The topological polar surface area (TPSA) is 55.2 Å². The van der Waals surface area contributed by atoms with Crippen LogP contribution in [0.5, 0.6) is 5.75 Å². The van der Waals surface area contributed by atoms with E-state index in [9.17, 15) is 18.3 Å². The molecule has 3 rings (SSSR count). The highest BCUT2D eigenvalue weighted by Crippen LogP contribution is 2.32. The molecular weight excluding hydrogens is 401 g/mol. The Kier molecular flexibility index (Phi) is 6.08. The van der Waals surface area contributed by atoms with Gasteiger partial charge in [0, 0.05) is 16.2 Å². The summed E-state index contributed by atoms with van der Waals surface area (Å²) in [6.45, 7) is -0.0101. The maximum atomic E-state index is 13.0. The molecule has 0 saturated heterocycles. The molecule has 1 heterocycles. The lowest BCUT2D eigenvalue weighted by Gasteiger charge is -2.14. The van der Waals surface area contributed by atoms with Gasteiger partial charge in [0.1, 0.15) is 17.4 Å². The summed E-state index contributed by atoms with van der Waals surface area (Å²) in [5, 5.41) is 11.3. The molecular formula is C18H14ClF3N2O2S. The number of alkyl halides is 3. The number of aliphatic hydroxyl groups excluding tert-OH is 1. The van der Waals surface area contributed by atoms with Crippen molar-refractivity contribution in [2.75, 3.05) is 12.4 Å². The summed E-state index contributed by atoms with van der Waals surface area (Å²) in [5.41, 5.74) is 0.203. The second-order valence-corrected chi connectivity index (χ2v) is 7.04. The maximum absolute atomic E-state index is 13.0. The fraction of sp³-hybridized carbons (Fsp3) is 0.222. The molecule has 0 aliphatic carbocycles. The normalized spacial score (nSPS) is 12.9. The number of aliphatic hydroxyl groups is 1. The summed E-state index contributed by atoms with van der Waals surface area (Å²) in [6.07, 6.45) is -5.54. The lowest BCUT2D eigenvalue weighted by Crippen LogP contribution is -2.20. The van der Waals surface area contributed by atoms with Crippen molar-refractivity contribution in [2.24, 2.45) is 0 Å². The summed E-state index contributed by atoms with van der Waals surface area (Å²) < 4.78 is 44.5. The second-order valence-electron chi connectivity index (χ2n) is 5.60. The average Bonchev–Trinajstić information content (AvgIpc) is 2.64. The van der Waals surface area contributed by atoms with Crippen LogP contribution in [-0.4, -0.2) is 33.5 Å². The first kappa shape index (κ1) is 19.7. The zero-order chi connectivity index (χ0) is 19.4. The zero-order valence-corrected chi connectivity index (χ0v) is 15.4. The average molecular weight is 415 g/mol. The summed E-state index contributed by atoms with van der Waals surface area (Å²) >= 11 is 6.81. The number of benzene rings is 2. The predicted octanol–water partition coefficient (Wildman–Crippen LogP) is 4.83. The van der Waals surface area contributed by atoms with Gasteiger partial charge in [0.2, 0.25) is 5.82 Å². The van der Waals surface area contributed by atoms with Gasteiger partial charge in [-0.2, -0.15) is 13.2 Å². The van der Waals surface area contributed by atoms with Gasteiger partial charge in [-0.25, -0.2) is 9.97 Å². The largest absolute Gasteiger partial charge is 0.491 e. The number of hydrogen-bond donors (Lipinski definition) is 1. The molecule has 0 aliphatic rings. The Morgan fingerprint density at radius 2 is 1.78 bits per heavy atom. The third kappa shape index (κ3) is 5.24. The third-order valence-corrected chi connectivity index (χ3v) is 4.88. The van der Waals surface area contributed by atoms with E-state index in [2.05, 4.69) is 9.97 Å². The molecule has 0 fully saturated rings. The fourth-order valence-electron chi connectivity index (χ4n) is 2.23. The Hall–Kier alpha value is -2.03. The minimum Gasteiger partial charge on any atom is -0.491 e. The smallest absolute Gasteiger partial charge is 0.451 e. The number of ether oxygens (including phenoxy) is 1. The predicted molar refractivity (Wildman–Crippen MR) is 98.2 cm³/mol. The number of halogens is 4. The summed E-state index contributed by atoms with van der Waals surface area (Å²) in [6, 6.07) is 13.1. The van der Waals surface area contributed by atoms with Crippen LogP contribution in [-0.2, 0) is 6.18 Å². The maximum Gasteiger partial charge on any atom is 0.451 e. The monoisotopic (exact) mass is 414 g/mol. The van der Waals surface area contributed by atoms with Crippen molar-refractivity contribution in [1.29, 1.82) is 0 Å². The van der Waals surface area contributed by atoms with E-state index in [0.29, 0.717) is 16.2 Å². The van der Waals surface area contributed by atoms with E-state index in [1.165, 1.54) is 6.07 Å². The number of hydrogen-bond acceptors (Lipinski definition) is 5. The Balaban J connectivity index is 1.69. The lowest BCUT2D eigenvalue weighted by atomic mass is 10.2. The fourth-order valence-corrected chi connectivity index (χ4v) is 3.28. The standard InChI is InChI=1S/C18H14ClF3N2O2S/c19-11-5-7-13(8-6-11)26-9-12(25)10-27-16-14-3-1-2-4-15(14)23-17(24-16)18(20,21)22/h1-8,12,25H,9-10H2. The number of thioether (sulfide) groups is 1. The van der Waals surface area contributed by atoms with E-state index in [1.54, 1.807) is 42.5 Å². The van der Waals surface area contributed by atoms with Gasteiger partial charge in [0.05, 0.1) is 11.6 Å². The van der Waals surface area contributed by atoms with Gasteiger partial charge in [-0.1, -0.05) is 29.8 Å². The molecule has 9 heteroatoms. The molecule has 1 aromatic heterocycles. The van der Waals surface area contributed by atoms with Crippen molar-refractivity contribution in [3.63, 3.8) is 0 Å². The van der Waals surface area contributed by atoms with Crippen molar-refractivity contribution < 1.29 is 23.0 Å². The Bertz CT molecular complexity index is 923. The Morgan fingerprint density at radius 1 is 1.07 bits per heavy atom. The SMILES string of the molecule is OC(COc1ccc(Cl)cc1)CSc1nc(C(F)(F)F)nc2ccccc12. The van der Waals surface area contributed by atoms with Crippen molar-refractivity contribution in [1.82, 2.24) is 9.97 Å². The van der Waals surface area contributed by atoms with Gasteiger partial charge in [-0.3, -0.25) is 0 Å². The van der Waals surface area contributed by atoms with Gasteiger partial charge in [-0.15, -0.1) is 11.8 Å². The van der Waals surface area contributed by atoms with E-state index in [1.807, 2.05) is 0 Å². The van der Waals surface area contributed by atoms with E-state index >= 15 is 0 Å². The highest BCUT2D eigenvalue weighted by molar-refractivity contribution is 7.99. The zero-order valence-electron chi connectivity index (χ0n) is 13.8. The van der Waals surface area contributed by atoms with Crippen LogP contribution in [0.1, 0.15) is 5.82 Å². The molecule has 0 aliphatic heterocycles. The van der Waals surface area contributed by atoms with Crippen molar-refractivity contribution >= 4 is 34.3 Å². The lowest BCUT2D eigenvalue weighted by molar-refractivity contribution is -0.145. The minimum atomic E-state index is -4.64. The molecule has 0 amide bonds. The molecule has 2 aromatic carbocycles. The van der Waals surface area contributed by atoms with Gasteiger partial charge >= 0.3 is 6.18 Å². The molecule has 0 saturated carbocycles. The van der Waals surface area contributed by atoms with Gasteiger partial charge < -0.3 is 9.84 Å². The first-order valence-corrected chi connectivity index (χ1v) is 9.22. The first-order valence-electron chi connectivity index (χ1n) is 7.86. The summed E-state index contributed by atoms with van der Waals surface area (Å²) in [7, 11) is 0. The molecule has 142 valence electrons. The summed E-state index contributed by atoms with van der Waals surface area (Å²) in [4.78, 5) is 7.20. The van der Waals surface area contributed by atoms with E-state index < -0.39 is 18.1 Å². The van der Waals surface area contributed by atoms with Crippen LogP contribution in [0.3, 0.4) is 0 Å².